The Balaban J connectivity index is 2.13. The monoisotopic (exact) mass is 181 g/mol. The van der Waals surface area contributed by atoms with E-state index in [1.165, 1.54) is 0 Å². The highest BCUT2D eigenvalue weighted by molar-refractivity contribution is 4.69. The maximum absolute atomic E-state index is 11.8. The van der Waals surface area contributed by atoms with Crippen molar-refractivity contribution in [2.45, 2.75) is 31.9 Å². The van der Waals surface area contributed by atoms with E-state index >= 15 is 0 Å². The van der Waals surface area contributed by atoms with E-state index in [0.29, 0.717) is 6.42 Å². The van der Waals surface area contributed by atoms with E-state index in [2.05, 4.69) is 5.32 Å². The Morgan fingerprint density at radius 1 is 1.17 bits per heavy atom. The normalized spacial score (nSPS) is 21.2. The maximum Gasteiger partial charge on any atom is 0.389 e. The molecule has 1 N–H and O–H groups in total. The Hall–Kier alpha value is -0.250. The average molecular weight is 181 g/mol. The summed E-state index contributed by atoms with van der Waals surface area (Å²) in [6.07, 6.45) is -2.47. The van der Waals surface area contributed by atoms with Gasteiger partial charge in [0, 0.05) is 6.42 Å². The highest BCUT2D eigenvalue weighted by Gasteiger charge is 2.28. The van der Waals surface area contributed by atoms with Gasteiger partial charge in [-0.3, -0.25) is 0 Å². The molecular formula is C8H14F3N. The molecule has 72 valence electrons. The Labute approximate surface area is 70.3 Å². The SMILES string of the molecule is FC(F)(F)CCC1CCNCC1. The fourth-order valence-corrected chi connectivity index (χ4v) is 1.54. The molecule has 0 atom stereocenters. The van der Waals surface area contributed by atoms with Crippen molar-refractivity contribution in [3.8, 4) is 0 Å². The second-order valence-electron chi connectivity index (χ2n) is 3.35. The van der Waals surface area contributed by atoms with Crippen LogP contribution in [0.1, 0.15) is 25.7 Å². The molecule has 0 saturated carbocycles. The van der Waals surface area contributed by atoms with Crippen LogP contribution in [0.5, 0.6) is 0 Å². The fraction of sp³-hybridized carbons (Fsp3) is 1.00. The van der Waals surface area contributed by atoms with Crippen LogP contribution in [0.4, 0.5) is 13.2 Å². The minimum absolute atomic E-state index is 0.285. The molecule has 0 spiro atoms. The second-order valence-corrected chi connectivity index (χ2v) is 3.35. The van der Waals surface area contributed by atoms with E-state index < -0.39 is 12.6 Å². The van der Waals surface area contributed by atoms with Crippen molar-refractivity contribution in [2.24, 2.45) is 5.92 Å². The van der Waals surface area contributed by atoms with Gasteiger partial charge in [-0.25, -0.2) is 0 Å². The van der Waals surface area contributed by atoms with Crippen molar-refractivity contribution >= 4 is 0 Å². The van der Waals surface area contributed by atoms with Gasteiger partial charge in [-0.15, -0.1) is 0 Å². The first-order valence-electron chi connectivity index (χ1n) is 4.35. The van der Waals surface area contributed by atoms with E-state index in [-0.39, 0.29) is 5.92 Å². The Bertz CT molecular complexity index is 127. The third kappa shape index (κ3) is 3.95. The molecule has 1 nitrogen and oxygen atoms in total. The smallest absolute Gasteiger partial charge is 0.317 e. The van der Waals surface area contributed by atoms with Crippen LogP contribution in [0.2, 0.25) is 0 Å². The average Bonchev–Trinajstić information content (AvgIpc) is 2.02. The molecule has 1 fully saturated rings. The topological polar surface area (TPSA) is 12.0 Å². The molecule has 1 aliphatic rings. The molecule has 0 aromatic rings. The van der Waals surface area contributed by atoms with Gasteiger partial charge in [0.1, 0.15) is 0 Å². The zero-order valence-electron chi connectivity index (χ0n) is 6.95. The van der Waals surface area contributed by atoms with E-state index in [9.17, 15) is 13.2 Å². The number of nitrogens with one attached hydrogen (secondary N) is 1. The Morgan fingerprint density at radius 3 is 2.25 bits per heavy atom. The minimum Gasteiger partial charge on any atom is -0.317 e. The first kappa shape index (κ1) is 9.84. The van der Waals surface area contributed by atoms with Crippen molar-refractivity contribution in [3.63, 3.8) is 0 Å². The molecule has 1 rings (SSSR count). The third-order valence-electron chi connectivity index (χ3n) is 2.29. The van der Waals surface area contributed by atoms with Gasteiger partial charge in [0.25, 0.3) is 0 Å². The lowest BCUT2D eigenvalue weighted by Crippen LogP contribution is -2.28. The minimum atomic E-state index is -3.97. The summed E-state index contributed by atoms with van der Waals surface area (Å²) in [5.74, 6) is 0.285. The molecule has 12 heavy (non-hydrogen) atoms. The number of piperidine rings is 1. The highest BCUT2D eigenvalue weighted by atomic mass is 19.4. The van der Waals surface area contributed by atoms with Gasteiger partial charge in [0.2, 0.25) is 0 Å². The predicted octanol–water partition coefficient (Wildman–Crippen LogP) is 2.33. The lowest BCUT2D eigenvalue weighted by atomic mass is 9.93. The van der Waals surface area contributed by atoms with Crippen LogP contribution in [0, 0.1) is 5.92 Å². The summed E-state index contributed by atoms with van der Waals surface area (Å²) in [7, 11) is 0. The number of hydrogen-bond acceptors (Lipinski definition) is 1. The summed E-state index contributed by atoms with van der Waals surface area (Å²) in [5.41, 5.74) is 0. The number of hydrogen-bond donors (Lipinski definition) is 1. The van der Waals surface area contributed by atoms with Gasteiger partial charge in [-0.1, -0.05) is 0 Å². The number of rotatable bonds is 2. The van der Waals surface area contributed by atoms with Gasteiger partial charge < -0.3 is 5.32 Å². The van der Waals surface area contributed by atoms with Crippen LogP contribution in [-0.2, 0) is 0 Å². The van der Waals surface area contributed by atoms with Crippen molar-refractivity contribution in [1.29, 1.82) is 0 Å². The molecule has 1 heterocycles. The summed E-state index contributed by atoms with van der Waals surface area (Å²) in [5, 5.41) is 3.13. The van der Waals surface area contributed by atoms with Crippen molar-refractivity contribution in [3.05, 3.63) is 0 Å². The van der Waals surface area contributed by atoms with Crippen LogP contribution in [0.25, 0.3) is 0 Å². The van der Waals surface area contributed by atoms with Crippen molar-refractivity contribution in [1.82, 2.24) is 5.32 Å². The molecule has 0 radical (unpaired) electrons. The van der Waals surface area contributed by atoms with Crippen LogP contribution < -0.4 is 5.32 Å². The van der Waals surface area contributed by atoms with E-state index in [0.717, 1.165) is 25.9 Å². The summed E-state index contributed by atoms with van der Waals surface area (Å²) in [6.45, 7) is 1.76. The second kappa shape index (κ2) is 4.12. The molecule has 0 aromatic heterocycles. The van der Waals surface area contributed by atoms with Crippen molar-refractivity contribution in [2.75, 3.05) is 13.1 Å². The third-order valence-corrected chi connectivity index (χ3v) is 2.29. The first-order chi connectivity index (χ1) is 5.58. The number of alkyl halides is 3. The Kier molecular flexibility index (Phi) is 3.38. The quantitative estimate of drug-likeness (QED) is 0.689. The Morgan fingerprint density at radius 2 is 1.75 bits per heavy atom. The van der Waals surface area contributed by atoms with Crippen molar-refractivity contribution < 1.29 is 13.2 Å². The summed E-state index contributed by atoms with van der Waals surface area (Å²) in [6, 6.07) is 0. The fourth-order valence-electron chi connectivity index (χ4n) is 1.54. The van der Waals surface area contributed by atoms with Gasteiger partial charge in [0.15, 0.2) is 0 Å². The van der Waals surface area contributed by atoms with Crippen LogP contribution in [0.15, 0.2) is 0 Å². The van der Waals surface area contributed by atoms with Gasteiger partial charge >= 0.3 is 6.18 Å². The first-order valence-corrected chi connectivity index (χ1v) is 4.35. The zero-order chi connectivity index (χ0) is 9.03. The molecule has 0 unspecified atom stereocenters. The highest BCUT2D eigenvalue weighted by Crippen LogP contribution is 2.27. The van der Waals surface area contributed by atoms with Gasteiger partial charge in [-0.2, -0.15) is 13.2 Å². The summed E-state index contributed by atoms with van der Waals surface area (Å²) >= 11 is 0. The van der Waals surface area contributed by atoms with Crippen LogP contribution >= 0.6 is 0 Å². The molecular weight excluding hydrogens is 167 g/mol. The summed E-state index contributed by atoms with van der Waals surface area (Å²) in [4.78, 5) is 0. The van der Waals surface area contributed by atoms with E-state index in [1.807, 2.05) is 0 Å². The molecule has 0 amide bonds. The van der Waals surface area contributed by atoms with Crippen LogP contribution in [-0.4, -0.2) is 19.3 Å². The van der Waals surface area contributed by atoms with Gasteiger partial charge in [0.05, 0.1) is 0 Å². The standard InChI is InChI=1S/C8H14F3N/c9-8(10,11)4-1-7-2-5-12-6-3-7/h7,12H,1-6H2. The molecule has 1 saturated heterocycles. The van der Waals surface area contributed by atoms with Crippen LogP contribution in [0.3, 0.4) is 0 Å². The predicted molar refractivity (Wildman–Crippen MR) is 40.9 cm³/mol. The van der Waals surface area contributed by atoms with E-state index in [4.69, 9.17) is 0 Å². The number of halogens is 3. The van der Waals surface area contributed by atoms with Gasteiger partial charge in [-0.05, 0) is 38.3 Å². The molecule has 0 bridgehead atoms. The maximum atomic E-state index is 11.8. The lowest BCUT2D eigenvalue weighted by Gasteiger charge is -2.22. The largest absolute Gasteiger partial charge is 0.389 e. The molecule has 4 heteroatoms. The molecule has 0 aromatic carbocycles. The zero-order valence-corrected chi connectivity index (χ0v) is 6.95. The summed E-state index contributed by atoms with van der Waals surface area (Å²) < 4.78 is 35.4. The lowest BCUT2D eigenvalue weighted by molar-refractivity contribution is -0.138. The van der Waals surface area contributed by atoms with E-state index in [1.54, 1.807) is 0 Å². The molecule has 1 aliphatic heterocycles. The molecule has 0 aliphatic carbocycles.